The number of pyridine rings is 1. The van der Waals surface area contributed by atoms with Crippen molar-refractivity contribution in [2.45, 2.75) is 18.7 Å². The maximum Gasteiger partial charge on any atom is 0.135 e. The summed E-state index contributed by atoms with van der Waals surface area (Å²) in [6.07, 6.45) is 0.887. The summed E-state index contributed by atoms with van der Waals surface area (Å²) in [4.78, 5) is 4.60. The van der Waals surface area contributed by atoms with Crippen molar-refractivity contribution >= 4 is 31.9 Å². The van der Waals surface area contributed by atoms with Gasteiger partial charge in [0.25, 0.3) is 0 Å². The first kappa shape index (κ1) is 12.7. The van der Waals surface area contributed by atoms with E-state index in [9.17, 15) is 0 Å². The van der Waals surface area contributed by atoms with Crippen LogP contribution in [0.25, 0.3) is 11.4 Å². The van der Waals surface area contributed by atoms with E-state index in [1.54, 1.807) is 4.68 Å². The first-order chi connectivity index (χ1) is 8.17. The minimum atomic E-state index is 0.713. The van der Waals surface area contributed by atoms with Crippen molar-refractivity contribution in [2.75, 3.05) is 0 Å². The van der Waals surface area contributed by atoms with Gasteiger partial charge in [0, 0.05) is 16.9 Å². The molecular weight excluding hydrogens is 348 g/mol. The van der Waals surface area contributed by atoms with Crippen LogP contribution in [-0.4, -0.2) is 20.0 Å². The molecule has 90 valence electrons. The number of hydrogen-bond donors (Lipinski definition) is 0. The van der Waals surface area contributed by atoms with Crippen molar-refractivity contribution in [3.63, 3.8) is 0 Å². The van der Waals surface area contributed by atoms with Gasteiger partial charge in [0.15, 0.2) is 0 Å². The fourth-order valence-corrected chi connectivity index (χ4v) is 2.72. The zero-order valence-electron chi connectivity index (χ0n) is 9.61. The summed E-state index contributed by atoms with van der Waals surface area (Å²) < 4.78 is 2.80. The third-order valence-corrected chi connectivity index (χ3v) is 3.82. The molecule has 0 saturated heterocycles. The first-order valence-corrected chi connectivity index (χ1v) is 7.19. The number of nitrogens with zero attached hydrogens (tertiary/aromatic N) is 4. The topological polar surface area (TPSA) is 43.6 Å². The van der Waals surface area contributed by atoms with E-state index in [4.69, 9.17) is 0 Å². The van der Waals surface area contributed by atoms with Gasteiger partial charge >= 0.3 is 0 Å². The highest BCUT2D eigenvalue weighted by atomic mass is 79.9. The van der Waals surface area contributed by atoms with Crippen molar-refractivity contribution in [3.8, 4) is 11.4 Å². The summed E-state index contributed by atoms with van der Waals surface area (Å²) in [5.41, 5.74) is 3.77. The smallest absolute Gasteiger partial charge is 0.135 e. The van der Waals surface area contributed by atoms with Gasteiger partial charge < -0.3 is 0 Å². The summed E-state index contributed by atoms with van der Waals surface area (Å²) in [6.45, 7) is 2.08. The van der Waals surface area contributed by atoms with Crippen LogP contribution in [-0.2, 0) is 18.8 Å². The molecule has 0 radical (unpaired) electrons. The standard InChI is InChI=1S/C11H12Br2N4/c1-3-8-7(13)4-5-9(14-8)11-10(6-12)17(2)16-15-11/h4-5H,3,6H2,1-2H3. The normalized spacial score (nSPS) is 10.8. The summed E-state index contributed by atoms with van der Waals surface area (Å²) in [6, 6.07) is 3.97. The lowest BCUT2D eigenvalue weighted by atomic mass is 10.2. The quantitative estimate of drug-likeness (QED) is 0.791. The van der Waals surface area contributed by atoms with Crippen molar-refractivity contribution < 1.29 is 0 Å². The molecular formula is C11H12Br2N4. The molecule has 4 nitrogen and oxygen atoms in total. The molecule has 6 heteroatoms. The van der Waals surface area contributed by atoms with E-state index < -0.39 is 0 Å². The molecule has 0 atom stereocenters. The Morgan fingerprint density at radius 1 is 1.35 bits per heavy atom. The van der Waals surface area contributed by atoms with Crippen LogP contribution >= 0.6 is 31.9 Å². The van der Waals surface area contributed by atoms with E-state index in [1.165, 1.54) is 0 Å². The Morgan fingerprint density at radius 2 is 2.12 bits per heavy atom. The molecule has 2 heterocycles. The van der Waals surface area contributed by atoms with Gasteiger partial charge in [-0.15, -0.1) is 5.10 Å². The Balaban J connectivity index is 2.52. The molecule has 0 unspecified atom stereocenters. The number of halogens is 2. The van der Waals surface area contributed by atoms with E-state index in [-0.39, 0.29) is 0 Å². The SMILES string of the molecule is CCc1nc(-c2nnn(C)c2CBr)ccc1Br. The number of rotatable bonds is 3. The monoisotopic (exact) mass is 358 g/mol. The van der Waals surface area contributed by atoms with Gasteiger partial charge in [-0.3, -0.25) is 4.68 Å². The number of hydrogen-bond acceptors (Lipinski definition) is 3. The van der Waals surface area contributed by atoms with Gasteiger partial charge in [-0.1, -0.05) is 28.1 Å². The molecule has 2 aromatic heterocycles. The molecule has 0 aliphatic heterocycles. The highest BCUT2D eigenvalue weighted by Gasteiger charge is 2.13. The second kappa shape index (κ2) is 5.27. The Labute approximate surface area is 117 Å². The first-order valence-electron chi connectivity index (χ1n) is 5.27. The number of aryl methyl sites for hydroxylation is 2. The van der Waals surface area contributed by atoms with Crippen LogP contribution in [0, 0.1) is 0 Å². The summed E-state index contributed by atoms with van der Waals surface area (Å²) >= 11 is 6.94. The van der Waals surface area contributed by atoms with Gasteiger partial charge in [0.1, 0.15) is 5.69 Å². The van der Waals surface area contributed by atoms with Gasteiger partial charge in [-0.05, 0) is 34.5 Å². The Kier molecular flexibility index (Phi) is 3.93. The molecule has 0 amide bonds. The zero-order valence-corrected chi connectivity index (χ0v) is 12.8. The summed E-state index contributed by atoms with van der Waals surface area (Å²) in [5, 5.41) is 8.91. The fraction of sp³-hybridized carbons (Fsp3) is 0.364. The molecule has 0 aromatic carbocycles. The Hall–Kier alpha value is -0.750. The number of alkyl halides is 1. The molecule has 0 aliphatic rings. The third kappa shape index (κ3) is 2.42. The molecule has 0 saturated carbocycles. The molecule has 0 fully saturated rings. The third-order valence-electron chi connectivity index (χ3n) is 2.57. The molecule has 0 aliphatic carbocycles. The minimum absolute atomic E-state index is 0.713. The van der Waals surface area contributed by atoms with E-state index in [0.29, 0.717) is 5.33 Å². The summed E-state index contributed by atoms with van der Waals surface area (Å²) in [7, 11) is 1.88. The lowest BCUT2D eigenvalue weighted by molar-refractivity contribution is 0.694. The molecule has 17 heavy (non-hydrogen) atoms. The van der Waals surface area contributed by atoms with E-state index in [1.807, 2.05) is 19.2 Å². The van der Waals surface area contributed by atoms with E-state index in [2.05, 4.69) is 54.1 Å². The van der Waals surface area contributed by atoms with E-state index >= 15 is 0 Å². The maximum absolute atomic E-state index is 4.60. The largest absolute Gasteiger partial charge is 0.251 e. The Bertz CT molecular complexity index is 536. The van der Waals surface area contributed by atoms with Crippen LogP contribution in [0.3, 0.4) is 0 Å². The molecule has 0 bridgehead atoms. The van der Waals surface area contributed by atoms with Crippen molar-refractivity contribution in [3.05, 3.63) is 28.0 Å². The second-order valence-electron chi connectivity index (χ2n) is 3.62. The van der Waals surface area contributed by atoms with Gasteiger partial charge in [0.2, 0.25) is 0 Å². The minimum Gasteiger partial charge on any atom is -0.251 e. The maximum atomic E-state index is 4.60. The Morgan fingerprint density at radius 3 is 2.76 bits per heavy atom. The molecule has 2 rings (SSSR count). The van der Waals surface area contributed by atoms with Crippen molar-refractivity contribution in [1.82, 2.24) is 20.0 Å². The second-order valence-corrected chi connectivity index (χ2v) is 5.04. The predicted octanol–water partition coefficient (Wildman–Crippen LogP) is 3.10. The van der Waals surface area contributed by atoms with Crippen LogP contribution in [0.5, 0.6) is 0 Å². The van der Waals surface area contributed by atoms with Gasteiger partial charge in [-0.25, -0.2) is 4.98 Å². The zero-order chi connectivity index (χ0) is 12.4. The lowest BCUT2D eigenvalue weighted by Crippen LogP contribution is -1.97. The number of aromatic nitrogens is 4. The van der Waals surface area contributed by atoms with Crippen LogP contribution in [0.15, 0.2) is 16.6 Å². The van der Waals surface area contributed by atoms with Gasteiger partial charge in [0.05, 0.1) is 17.1 Å². The van der Waals surface area contributed by atoms with Crippen LogP contribution in [0.2, 0.25) is 0 Å². The van der Waals surface area contributed by atoms with Crippen LogP contribution in [0.4, 0.5) is 0 Å². The van der Waals surface area contributed by atoms with Crippen molar-refractivity contribution in [1.29, 1.82) is 0 Å². The highest BCUT2D eigenvalue weighted by molar-refractivity contribution is 9.10. The predicted molar refractivity (Wildman–Crippen MR) is 73.9 cm³/mol. The molecule has 0 spiro atoms. The average Bonchev–Trinajstić information content (AvgIpc) is 2.71. The lowest BCUT2D eigenvalue weighted by Gasteiger charge is -2.04. The van der Waals surface area contributed by atoms with Crippen LogP contribution in [0.1, 0.15) is 18.3 Å². The average molecular weight is 360 g/mol. The van der Waals surface area contributed by atoms with Crippen LogP contribution < -0.4 is 0 Å². The summed E-state index contributed by atoms with van der Waals surface area (Å²) in [5.74, 6) is 0. The molecule has 0 N–H and O–H groups in total. The van der Waals surface area contributed by atoms with Crippen molar-refractivity contribution in [2.24, 2.45) is 7.05 Å². The van der Waals surface area contributed by atoms with Gasteiger partial charge in [-0.2, -0.15) is 0 Å². The highest BCUT2D eigenvalue weighted by Crippen LogP contribution is 2.24. The fourth-order valence-electron chi connectivity index (χ4n) is 1.59. The molecule has 2 aromatic rings. The van der Waals surface area contributed by atoms with E-state index in [0.717, 1.165) is 33.7 Å².